The summed E-state index contributed by atoms with van der Waals surface area (Å²) in [6.07, 6.45) is -1.78. The van der Waals surface area contributed by atoms with Crippen LogP contribution in [-0.2, 0) is 9.47 Å². The number of carbonyl (C=O) groups is 1. The Morgan fingerprint density at radius 3 is 2.42 bits per heavy atom. The Labute approximate surface area is 205 Å². The van der Waals surface area contributed by atoms with E-state index in [1.807, 2.05) is 36.4 Å². The molecule has 2 unspecified atom stereocenters. The van der Waals surface area contributed by atoms with Gasteiger partial charge in [0.05, 0.1) is 24.2 Å². The van der Waals surface area contributed by atoms with Gasteiger partial charge in [-0.05, 0) is 23.3 Å². The largest absolute Gasteiger partial charge is 0.470 e. The SMILES string of the molecule is NC(=O)Nc1ccc(-c2ccc(-c3nc4cc(O[C@@H]5COC6C5OC[C@H]6O)[nH]c4cc3F)cc2)cc1. The van der Waals surface area contributed by atoms with Crippen molar-refractivity contribution in [1.29, 1.82) is 0 Å². The fourth-order valence-corrected chi connectivity index (χ4v) is 4.69. The number of urea groups is 1. The summed E-state index contributed by atoms with van der Waals surface area (Å²) in [5.41, 5.74) is 9.54. The van der Waals surface area contributed by atoms with Crippen LogP contribution in [0.4, 0.5) is 14.9 Å². The molecule has 4 heterocycles. The lowest BCUT2D eigenvalue weighted by Crippen LogP contribution is -2.34. The molecule has 0 saturated carbocycles. The second-order valence-corrected chi connectivity index (χ2v) is 8.85. The molecule has 2 aromatic heterocycles. The molecular formula is C26H23FN4O5. The summed E-state index contributed by atoms with van der Waals surface area (Å²) in [4.78, 5) is 18.5. The van der Waals surface area contributed by atoms with Crippen molar-refractivity contribution >= 4 is 22.8 Å². The third-order valence-electron chi connectivity index (χ3n) is 6.44. The molecular weight excluding hydrogens is 467 g/mol. The lowest BCUT2D eigenvalue weighted by molar-refractivity contribution is 0.00794. The summed E-state index contributed by atoms with van der Waals surface area (Å²) in [5.74, 6) is -0.0325. The molecule has 9 nitrogen and oxygen atoms in total. The number of aromatic nitrogens is 2. The van der Waals surface area contributed by atoms with E-state index in [2.05, 4.69) is 15.3 Å². The number of rotatable bonds is 5. The van der Waals surface area contributed by atoms with Crippen LogP contribution in [-0.4, -0.2) is 58.7 Å². The van der Waals surface area contributed by atoms with Crippen LogP contribution in [0.3, 0.4) is 0 Å². The van der Waals surface area contributed by atoms with E-state index >= 15 is 0 Å². The Morgan fingerprint density at radius 1 is 1.03 bits per heavy atom. The first-order valence-corrected chi connectivity index (χ1v) is 11.5. The molecule has 0 bridgehead atoms. The maximum Gasteiger partial charge on any atom is 0.316 e. The third-order valence-corrected chi connectivity index (χ3v) is 6.44. The minimum Gasteiger partial charge on any atom is -0.470 e. The summed E-state index contributed by atoms with van der Waals surface area (Å²) in [5, 5.41) is 12.4. The number of amides is 2. The molecule has 4 aromatic rings. The zero-order chi connectivity index (χ0) is 24.8. The first-order chi connectivity index (χ1) is 17.4. The van der Waals surface area contributed by atoms with Crippen molar-refractivity contribution in [3.8, 4) is 28.3 Å². The number of nitrogens with zero attached hydrogens (tertiary/aromatic N) is 1. The zero-order valence-corrected chi connectivity index (χ0v) is 19.0. The van der Waals surface area contributed by atoms with Gasteiger partial charge in [-0.25, -0.2) is 14.2 Å². The van der Waals surface area contributed by atoms with Crippen molar-refractivity contribution in [3.05, 3.63) is 66.5 Å². The highest BCUT2D eigenvalue weighted by molar-refractivity contribution is 5.88. The average Bonchev–Trinajstić information content (AvgIpc) is 3.55. The van der Waals surface area contributed by atoms with Crippen molar-refractivity contribution in [2.45, 2.75) is 24.4 Å². The van der Waals surface area contributed by atoms with Gasteiger partial charge in [0.1, 0.15) is 24.0 Å². The van der Waals surface area contributed by atoms with Gasteiger partial charge in [0.25, 0.3) is 0 Å². The monoisotopic (exact) mass is 490 g/mol. The van der Waals surface area contributed by atoms with E-state index < -0.39 is 24.1 Å². The molecule has 36 heavy (non-hydrogen) atoms. The molecule has 5 N–H and O–H groups in total. The number of carbonyl (C=O) groups excluding carboxylic acids is 1. The smallest absolute Gasteiger partial charge is 0.316 e. The molecule has 2 amide bonds. The fourth-order valence-electron chi connectivity index (χ4n) is 4.69. The van der Waals surface area contributed by atoms with Gasteiger partial charge < -0.3 is 35.4 Å². The van der Waals surface area contributed by atoms with Crippen LogP contribution in [0, 0.1) is 5.82 Å². The van der Waals surface area contributed by atoms with Gasteiger partial charge in [0.15, 0.2) is 17.8 Å². The Bertz CT molecular complexity index is 1420. The molecule has 0 aliphatic carbocycles. The van der Waals surface area contributed by atoms with Crippen molar-refractivity contribution in [3.63, 3.8) is 0 Å². The number of H-pyrrole nitrogens is 1. The van der Waals surface area contributed by atoms with Gasteiger partial charge in [-0.3, -0.25) is 0 Å². The molecule has 2 aromatic carbocycles. The summed E-state index contributed by atoms with van der Waals surface area (Å²) < 4.78 is 32.2. The lowest BCUT2D eigenvalue weighted by atomic mass is 10.0. The number of nitrogens with two attached hydrogens (primary N) is 1. The van der Waals surface area contributed by atoms with E-state index in [0.29, 0.717) is 34.8 Å². The molecule has 0 radical (unpaired) electrons. The number of aliphatic hydroxyl groups is 1. The maximum absolute atomic E-state index is 15.0. The predicted octanol–water partition coefficient (Wildman–Crippen LogP) is 3.43. The molecule has 2 saturated heterocycles. The van der Waals surface area contributed by atoms with Crippen LogP contribution < -0.4 is 15.8 Å². The summed E-state index contributed by atoms with van der Waals surface area (Å²) in [6.45, 7) is 0.514. The number of benzene rings is 2. The van der Waals surface area contributed by atoms with Gasteiger partial charge in [-0.1, -0.05) is 36.4 Å². The fraction of sp³-hybridized carbons (Fsp3) is 0.231. The van der Waals surface area contributed by atoms with Crippen LogP contribution in [0.15, 0.2) is 60.7 Å². The minimum atomic E-state index is -0.658. The van der Waals surface area contributed by atoms with E-state index in [1.54, 1.807) is 18.2 Å². The van der Waals surface area contributed by atoms with Gasteiger partial charge in [0, 0.05) is 23.4 Å². The van der Waals surface area contributed by atoms with E-state index in [-0.39, 0.29) is 24.5 Å². The van der Waals surface area contributed by atoms with Crippen molar-refractivity contribution in [2.75, 3.05) is 18.5 Å². The molecule has 184 valence electrons. The topological polar surface area (TPSA) is 132 Å². The van der Waals surface area contributed by atoms with Gasteiger partial charge >= 0.3 is 6.03 Å². The van der Waals surface area contributed by atoms with Crippen molar-refractivity contribution < 1.29 is 28.5 Å². The number of aromatic amines is 1. The number of anilines is 1. The second kappa shape index (κ2) is 8.90. The number of halogens is 1. The number of ether oxygens (including phenoxy) is 3. The van der Waals surface area contributed by atoms with E-state index in [4.69, 9.17) is 19.9 Å². The number of pyridine rings is 1. The first-order valence-electron chi connectivity index (χ1n) is 11.5. The third kappa shape index (κ3) is 4.15. The van der Waals surface area contributed by atoms with Crippen molar-refractivity contribution in [1.82, 2.24) is 9.97 Å². The van der Waals surface area contributed by atoms with Gasteiger partial charge in [0.2, 0.25) is 0 Å². The van der Waals surface area contributed by atoms with Gasteiger partial charge in [-0.2, -0.15) is 0 Å². The highest BCUT2D eigenvalue weighted by Gasteiger charge is 2.48. The van der Waals surface area contributed by atoms with Crippen LogP contribution >= 0.6 is 0 Å². The van der Waals surface area contributed by atoms with Crippen LogP contribution in [0.2, 0.25) is 0 Å². The number of fused-ring (bicyclic) bond motifs is 2. The molecule has 6 rings (SSSR count). The maximum atomic E-state index is 15.0. The lowest BCUT2D eigenvalue weighted by Gasteiger charge is -2.16. The summed E-state index contributed by atoms with van der Waals surface area (Å²) in [6, 6.07) is 17.1. The Kier molecular flexibility index (Phi) is 5.56. The van der Waals surface area contributed by atoms with Crippen molar-refractivity contribution in [2.24, 2.45) is 5.73 Å². The average molecular weight is 490 g/mol. The number of hydrogen-bond acceptors (Lipinski definition) is 6. The molecule has 2 aliphatic heterocycles. The number of primary amides is 1. The quantitative estimate of drug-likeness (QED) is 0.339. The van der Waals surface area contributed by atoms with Crippen LogP contribution in [0.1, 0.15) is 0 Å². The Balaban J connectivity index is 1.21. The molecule has 4 atom stereocenters. The minimum absolute atomic E-state index is 0.217. The Hall–Kier alpha value is -3.99. The molecule has 10 heteroatoms. The second-order valence-electron chi connectivity index (χ2n) is 8.85. The number of aliphatic hydroxyl groups excluding tert-OH is 1. The highest BCUT2D eigenvalue weighted by Crippen LogP contribution is 2.32. The molecule has 0 spiro atoms. The van der Waals surface area contributed by atoms with Crippen LogP contribution in [0.5, 0.6) is 5.88 Å². The predicted molar refractivity (Wildman–Crippen MR) is 130 cm³/mol. The number of hydrogen-bond donors (Lipinski definition) is 4. The standard InChI is InChI=1S/C26H23FN4O5/c27-17-9-18-19(10-22(30-18)36-21-12-35-24-20(32)11-34-25(21)24)31-23(17)15-3-1-13(2-4-15)14-5-7-16(8-6-14)29-26(28)33/h1-10,20-21,24-25,30,32H,11-12H2,(H3,28,29,33)/t20-,21-,24?,25?/m1/s1. The normalized spacial score (nSPS) is 23.1. The summed E-state index contributed by atoms with van der Waals surface area (Å²) >= 11 is 0. The zero-order valence-electron chi connectivity index (χ0n) is 19.0. The van der Waals surface area contributed by atoms with E-state index in [1.165, 1.54) is 6.07 Å². The Morgan fingerprint density at radius 2 is 1.69 bits per heavy atom. The molecule has 2 aliphatic rings. The van der Waals surface area contributed by atoms with Crippen LogP contribution in [0.25, 0.3) is 33.4 Å². The molecule has 2 fully saturated rings. The highest BCUT2D eigenvalue weighted by atomic mass is 19.1. The first kappa shape index (κ1) is 22.5. The van der Waals surface area contributed by atoms with E-state index in [9.17, 15) is 14.3 Å². The summed E-state index contributed by atoms with van der Waals surface area (Å²) in [7, 11) is 0. The van der Waals surface area contributed by atoms with Gasteiger partial charge in [-0.15, -0.1) is 0 Å². The van der Waals surface area contributed by atoms with E-state index in [0.717, 1.165) is 11.1 Å². The number of nitrogens with one attached hydrogen (secondary N) is 2.